The van der Waals surface area contributed by atoms with Gasteiger partial charge in [-0.1, -0.05) is 0 Å². The van der Waals surface area contributed by atoms with Gasteiger partial charge in [0.1, 0.15) is 5.82 Å². The average Bonchev–Trinajstić information content (AvgIpc) is 2.90. The molecule has 1 aromatic carbocycles. The zero-order chi connectivity index (χ0) is 14.2. The molecule has 0 bridgehead atoms. The third-order valence-electron chi connectivity index (χ3n) is 3.49. The van der Waals surface area contributed by atoms with Crippen LogP contribution < -0.4 is 5.32 Å². The number of rotatable bonds is 3. The Labute approximate surface area is 116 Å². The standard InChI is InChI=1S/C14H14FNO3S/c15-11-1-2-14-12(7-11)13(4-6-20(14,17)18)16-8-10-3-5-19-9-10/h1-3,5,7,9,13,16H,4,6,8H2. The van der Waals surface area contributed by atoms with Crippen LogP contribution in [0.5, 0.6) is 0 Å². The zero-order valence-electron chi connectivity index (χ0n) is 10.7. The van der Waals surface area contributed by atoms with E-state index in [9.17, 15) is 12.8 Å². The fraction of sp³-hybridized carbons (Fsp3) is 0.286. The first-order valence-electron chi connectivity index (χ1n) is 6.33. The van der Waals surface area contributed by atoms with Crippen molar-refractivity contribution < 1.29 is 17.2 Å². The number of benzene rings is 1. The number of hydrogen-bond acceptors (Lipinski definition) is 4. The molecule has 0 saturated carbocycles. The maximum atomic E-state index is 13.4. The molecule has 0 spiro atoms. The van der Waals surface area contributed by atoms with Gasteiger partial charge in [-0.15, -0.1) is 0 Å². The first kappa shape index (κ1) is 13.3. The normalized spacial score (nSPS) is 20.6. The molecule has 1 aliphatic rings. The molecule has 1 aliphatic heterocycles. The second-order valence-electron chi connectivity index (χ2n) is 4.85. The van der Waals surface area contributed by atoms with Gasteiger partial charge in [-0.05, 0) is 36.2 Å². The second kappa shape index (κ2) is 5.03. The summed E-state index contributed by atoms with van der Waals surface area (Å²) in [6, 6.07) is 5.51. The first-order valence-corrected chi connectivity index (χ1v) is 7.98. The molecule has 2 heterocycles. The summed E-state index contributed by atoms with van der Waals surface area (Å²) in [5, 5.41) is 3.25. The summed E-state index contributed by atoms with van der Waals surface area (Å²) in [6.45, 7) is 0.553. The smallest absolute Gasteiger partial charge is 0.178 e. The minimum atomic E-state index is -3.29. The van der Waals surface area contributed by atoms with Gasteiger partial charge >= 0.3 is 0 Å². The summed E-state index contributed by atoms with van der Waals surface area (Å²) < 4.78 is 42.4. The highest BCUT2D eigenvalue weighted by atomic mass is 32.2. The van der Waals surface area contributed by atoms with Gasteiger partial charge < -0.3 is 9.73 Å². The van der Waals surface area contributed by atoms with Gasteiger partial charge in [-0.25, -0.2) is 12.8 Å². The van der Waals surface area contributed by atoms with Crippen LogP contribution in [0, 0.1) is 5.82 Å². The molecule has 0 saturated heterocycles. The molecular formula is C14H14FNO3S. The molecule has 1 N–H and O–H groups in total. The average molecular weight is 295 g/mol. The largest absolute Gasteiger partial charge is 0.472 e. The summed E-state index contributed by atoms with van der Waals surface area (Å²) in [7, 11) is -3.29. The van der Waals surface area contributed by atoms with Crippen LogP contribution >= 0.6 is 0 Å². The van der Waals surface area contributed by atoms with E-state index < -0.39 is 15.7 Å². The van der Waals surface area contributed by atoms with Crippen molar-refractivity contribution in [2.75, 3.05) is 5.75 Å². The summed E-state index contributed by atoms with van der Waals surface area (Å²) in [5.74, 6) is -0.342. The number of hydrogen-bond donors (Lipinski definition) is 1. The molecule has 6 heteroatoms. The van der Waals surface area contributed by atoms with Crippen LogP contribution in [-0.2, 0) is 16.4 Å². The quantitative estimate of drug-likeness (QED) is 0.884. The molecule has 1 atom stereocenters. The van der Waals surface area contributed by atoms with Crippen molar-refractivity contribution >= 4 is 9.84 Å². The van der Waals surface area contributed by atoms with E-state index in [2.05, 4.69) is 5.32 Å². The summed E-state index contributed by atoms with van der Waals surface area (Å²) in [4.78, 5) is 0.231. The third kappa shape index (κ3) is 2.48. The van der Waals surface area contributed by atoms with Crippen molar-refractivity contribution in [2.45, 2.75) is 23.9 Å². The Balaban J connectivity index is 1.89. The van der Waals surface area contributed by atoms with Gasteiger partial charge in [0.05, 0.1) is 23.2 Å². The highest BCUT2D eigenvalue weighted by Crippen LogP contribution is 2.32. The van der Waals surface area contributed by atoms with E-state index in [4.69, 9.17) is 4.42 Å². The molecular weight excluding hydrogens is 281 g/mol. The first-order chi connectivity index (χ1) is 9.56. The summed E-state index contributed by atoms with van der Waals surface area (Å²) in [6.07, 6.45) is 3.64. The van der Waals surface area contributed by atoms with E-state index in [1.807, 2.05) is 6.07 Å². The lowest BCUT2D eigenvalue weighted by atomic mass is 10.0. The van der Waals surface area contributed by atoms with Crippen LogP contribution in [-0.4, -0.2) is 14.2 Å². The molecule has 2 aromatic rings. The van der Waals surface area contributed by atoms with Crippen LogP contribution in [0.25, 0.3) is 0 Å². The fourth-order valence-electron chi connectivity index (χ4n) is 2.46. The summed E-state index contributed by atoms with van der Waals surface area (Å²) >= 11 is 0. The van der Waals surface area contributed by atoms with Crippen molar-refractivity contribution in [1.29, 1.82) is 0 Å². The topological polar surface area (TPSA) is 59.3 Å². The second-order valence-corrected chi connectivity index (χ2v) is 6.93. The van der Waals surface area contributed by atoms with Gasteiger partial charge in [0.25, 0.3) is 0 Å². The van der Waals surface area contributed by atoms with Gasteiger partial charge in [0.15, 0.2) is 9.84 Å². The molecule has 0 fully saturated rings. The maximum Gasteiger partial charge on any atom is 0.178 e. The molecule has 0 radical (unpaired) electrons. The number of fused-ring (bicyclic) bond motifs is 1. The van der Waals surface area contributed by atoms with Crippen LogP contribution in [0.15, 0.2) is 46.1 Å². The molecule has 3 rings (SSSR count). The van der Waals surface area contributed by atoms with Crippen LogP contribution in [0.1, 0.15) is 23.6 Å². The number of nitrogens with one attached hydrogen (secondary N) is 1. The lowest BCUT2D eigenvalue weighted by molar-refractivity contribution is 0.484. The van der Waals surface area contributed by atoms with Crippen molar-refractivity contribution in [3.63, 3.8) is 0 Å². The molecule has 106 valence electrons. The van der Waals surface area contributed by atoms with Gasteiger partial charge in [0, 0.05) is 18.2 Å². The van der Waals surface area contributed by atoms with E-state index in [-0.39, 0.29) is 16.7 Å². The molecule has 1 aromatic heterocycles. The fourth-order valence-corrected chi connectivity index (χ4v) is 4.06. The number of furan rings is 1. The number of sulfone groups is 1. The van der Waals surface area contributed by atoms with E-state index in [1.165, 1.54) is 18.2 Å². The van der Waals surface area contributed by atoms with Crippen molar-refractivity contribution in [3.8, 4) is 0 Å². The Morgan fingerprint density at radius 1 is 1.35 bits per heavy atom. The van der Waals surface area contributed by atoms with E-state index in [0.29, 0.717) is 18.5 Å². The Morgan fingerprint density at radius 3 is 2.95 bits per heavy atom. The van der Waals surface area contributed by atoms with Crippen molar-refractivity contribution in [2.24, 2.45) is 0 Å². The minimum Gasteiger partial charge on any atom is -0.472 e. The SMILES string of the molecule is O=S1(=O)CCC(NCc2ccoc2)c2cc(F)ccc21. The number of halogens is 1. The zero-order valence-corrected chi connectivity index (χ0v) is 11.5. The van der Waals surface area contributed by atoms with Gasteiger partial charge in [-0.2, -0.15) is 0 Å². The third-order valence-corrected chi connectivity index (χ3v) is 5.31. The van der Waals surface area contributed by atoms with Gasteiger partial charge in [0.2, 0.25) is 0 Å². The lowest BCUT2D eigenvalue weighted by Gasteiger charge is -2.26. The molecule has 20 heavy (non-hydrogen) atoms. The van der Waals surface area contributed by atoms with Gasteiger partial charge in [-0.3, -0.25) is 0 Å². The van der Waals surface area contributed by atoms with E-state index >= 15 is 0 Å². The monoisotopic (exact) mass is 295 g/mol. The lowest BCUT2D eigenvalue weighted by Crippen LogP contribution is -2.29. The van der Waals surface area contributed by atoms with Crippen LogP contribution in [0.2, 0.25) is 0 Å². The maximum absolute atomic E-state index is 13.4. The molecule has 0 amide bonds. The Bertz CT molecular complexity index is 710. The Morgan fingerprint density at radius 2 is 2.20 bits per heavy atom. The van der Waals surface area contributed by atoms with E-state index in [1.54, 1.807) is 12.5 Å². The molecule has 4 nitrogen and oxygen atoms in total. The highest BCUT2D eigenvalue weighted by Gasteiger charge is 2.30. The minimum absolute atomic E-state index is 0.0781. The predicted molar refractivity (Wildman–Crippen MR) is 71.4 cm³/mol. The molecule has 1 unspecified atom stereocenters. The van der Waals surface area contributed by atoms with E-state index in [0.717, 1.165) is 5.56 Å². The Hall–Kier alpha value is -1.66. The highest BCUT2D eigenvalue weighted by molar-refractivity contribution is 7.91. The van der Waals surface area contributed by atoms with Crippen molar-refractivity contribution in [1.82, 2.24) is 5.32 Å². The van der Waals surface area contributed by atoms with Crippen molar-refractivity contribution in [3.05, 3.63) is 53.7 Å². The van der Waals surface area contributed by atoms with Crippen LogP contribution in [0.4, 0.5) is 4.39 Å². The summed E-state index contributed by atoms with van der Waals surface area (Å²) in [5.41, 5.74) is 1.48. The predicted octanol–water partition coefficient (Wildman–Crippen LogP) is 2.43. The van der Waals surface area contributed by atoms with Crippen LogP contribution in [0.3, 0.4) is 0 Å². The molecule has 0 aliphatic carbocycles. The Kier molecular flexibility index (Phi) is 3.35.